The standard InChI is InChI=1S/C17H25N5O2S/c1-3-22-20-17(19-21-22)16-12-15(25(23,24)18-2)10-9-14(16)11-13-7-5-4-6-8-13/h9-10,12-13,18H,3-8,11H2,1-2H3. The normalized spacial score (nSPS) is 16.2. The Morgan fingerprint density at radius 1 is 1.24 bits per heavy atom. The van der Waals surface area contributed by atoms with Crippen LogP contribution in [0.3, 0.4) is 0 Å². The van der Waals surface area contributed by atoms with Crippen LogP contribution in [0.4, 0.5) is 0 Å². The smallest absolute Gasteiger partial charge is 0.214 e. The molecule has 25 heavy (non-hydrogen) atoms. The van der Waals surface area contributed by atoms with Gasteiger partial charge >= 0.3 is 0 Å². The molecule has 2 aromatic rings. The SMILES string of the molecule is CCn1nnc(-c2cc(S(=O)(=O)NC)ccc2CC2CCCCC2)n1. The number of benzene rings is 1. The number of rotatable bonds is 6. The van der Waals surface area contributed by atoms with E-state index in [1.807, 2.05) is 13.0 Å². The summed E-state index contributed by atoms with van der Waals surface area (Å²) >= 11 is 0. The van der Waals surface area contributed by atoms with E-state index in [1.165, 1.54) is 43.9 Å². The number of aromatic nitrogens is 4. The minimum absolute atomic E-state index is 0.227. The van der Waals surface area contributed by atoms with Crippen molar-refractivity contribution in [1.82, 2.24) is 24.9 Å². The van der Waals surface area contributed by atoms with Crippen LogP contribution < -0.4 is 4.72 Å². The van der Waals surface area contributed by atoms with Crippen LogP contribution >= 0.6 is 0 Å². The van der Waals surface area contributed by atoms with Crippen molar-refractivity contribution in [3.05, 3.63) is 23.8 Å². The van der Waals surface area contributed by atoms with Gasteiger partial charge in [0, 0.05) is 5.56 Å². The zero-order chi connectivity index (χ0) is 17.9. The van der Waals surface area contributed by atoms with E-state index >= 15 is 0 Å². The Bertz CT molecular complexity index is 825. The third kappa shape index (κ3) is 4.07. The minimum Gasteiger partial charge on any atom is -0.214 e. The number of aryl methyl sites for hydroxylation is 1. The van der Waals surface area contributed by atoms with Crippen LogP contribution in [0.1, 0.15) is 44.6 Å². The summed E-state index contributed by atoms with van der Waals surface area (Å²) in [6.45, 7) is 2.57. The number of nitrogens with one attached hydrogen (secondary N) is 1. The van der Waals surface area contributed by atoms with Gasteiger partial charge < -0.3 is 0 Å². The molecule has 1 saturated carbocycles. The second kappa shape index (κ2) is 7.61. The molecule has 1 fully saturated rings. The lowest BCUT2D eigenvalue weighted by Gasteiger charge is -2.22. The highest BCUT2D eigenvalue weighted by molar-refractivity contribution is 7.89. The van der Waals surface area contributed by atoms with E-state index in [9.17, 15) is 8.42 Å². The van der Waals surface area contributed by atoms with Gasteiger partial charge in [0.05, 0.1) is 11.4 Å². The van der Waals surface area contributed by atoms with Crippen molar-refractivity contribution < 1.29 is 8.42 Å². The highest BCUT2D eigenvalue weighted by atomic mass is 32.2. The third-order valence-corrected chi connectivity index (χ3v) is 6.28. The molecule has 136 valence electrons. The summed E-state index contributed by atoms with van der Waals surface area (Å²) in [5.41, 5.74) is 1.86. The molecule has 3 rings (SSSR count). The van der Waals surface area contributed by atoms with Crippen LogP contribution in [-0.4, -0.2) is 35.7 Å². The largest absolute Gasteiger partial charge is 0.240 e. The van der Waals surface area contributed by atoms with Crippen molar-refractivity contribution in [3.63, 3.8) is 0 Å². The second-order valence-electron chi connectivity index (χ2n) is 6.54. The molecular formula is C17H25N5O2S. The number of nitrogens with zero attached hydrogens (tertiary/aromatic N) is 4. The van der Waals surface area contributed by atoms with Gasteiger partial charge in [0.25, 0.3) is 0 Å². The zero-order valence-corrected chi connectivity index (χ0v) is 15.6. The molecule has 0 atom stereocenters. The predicted octanol–water partition coefficient (Wildman–Crippen LogP) is 2.39. The first-order valence-electron chi connectivity index (χ1n) is 8.88. The number of sulfonamides is 1. The Morgan fingerprint density at radius 2 is 2.00 bits per heavy atom. The molecule has 0 saturated heterocycles. The number of hydrogen-bond donors (Lipinski definition) is 1. The van der Waals surface area contributed by atoms with E-state index in [0.717, 1.165) is 17.5 Å². The van der Waals surface area contributed by atoms with Crippen LogP contribution in [0.2, 0.25) is 0 Å². The first-order valence-corrected chi connectivity index (χ1v) is 10.4. The molecule has 0 bridgehead atoms. The third-order valence-electron chi connectivity index (χ3n) is 4.87. The molecule has 0 aliphatic heterocycles. The molecule has 1 heterocycles. The highest BCUT2D eigenvalue weighted by Crippen LogP contribution is 2.31. The summed E-state index contributed by atoms with van der Waals surface area (Å²) < 4.78 is 26.7. The van der Waals surface area contributed by atoms with Crippen molar-refractivity contribution in [3.8, 4) is 11.4 Å². The first kappa shape index (κ1) is 18.0. The summed E-state index contributed by atoms with van der Waals surface area (Å²) in [4.78, 5) is 1.74. The molecule has 7 nitrogen and oxygen atoms in total. The van der Waals surface area contributed by atoms with Gasteiger partial charge in [-0.2, -0.15) is 4.80 Å². The summed E-state index contributed by atoms with van der Waals surface area (Å²) in [7, 11) is -2.10. The molecule has 0 amide bonds. The predicted molar refractivity (Wildman–Crippen MR) is 95.5 cm³/mol. The maximum atomic E-state index is 12.2. The molecule has 0 radical (unpaired) electrons. The van der Waals surface area contributed by atoms with Crippen molar-refractivity contribution in [2.45, 2.75) is 56.9 Å². The van der Waals surface area contributed by atoms with Crippen LogP contribution in [0.25, 0.3) is 11.4 Å². The van der Waals surface area contributed by atoms with Gasteiger partial charge in [0.1, 0.15) is 0 Å². The maximum absolute atomic E-state index is 12.2. The Labute approximate surface area is 148 Å². The van der Waals surface area contributed by atoms with Gasteiger partial charge in [0.15, 0.2) is 0 Å². The summed E-state index contributed by atoms with van der Waals surface area (Å²) in [5.74, 6) is 1.13. The molecule has 1 aromatic carbocycles. The maximum Gasteiger partial charge on any atom is 0.240 e. The van der Waals surface area contributed by atoms with E-state index < -0.39 is 10.0 Å². The van der Waals surface area contributed by atoms with Crippen LogP contribution in [0.15, 0.2) is 23.1 Å². The minimum atomic E-state index is -3.51. The van der Waals surface area contributed by atoms with Crippen molar-refractivity contribution >= 4 is 10.0 Å². The van der Waals surface area contributed by atoms with Crippen LogP contribution in [-0.2, 0) is 23.0 Å². The molecule has 1 aliphatic carbocycles. The fourth-order valence-electron chi connectivity index (χ4n) is 3.41. The van der Waals surface area contributed by atoms with Gasteiger partial charge in [-0.3, -0.25) is 0 Å². The Hall–Kier alpha value is -1.80. The fourth-order valence-corrected chi connectivity index (χ4v) is 4.17. The molecular weight excluding hydrogens is 338 g/mol. The molecule has 0 spiro atoms. The van der Waals surface area contributed by atoms with Gasteiger partial charge in [0.2, 0.25) is 15.8 Å². The molecule has 1 aliphatic rings. The van der Waals surface area contributed by atoms with Gasteiger partial charge in [-0.05, 0) is 49.2 Å². The van der Waals surface area contributed by atoms with Gasteiger partial charge in [-0.15, -0.1) is 10.2 Å². The van der Waals surface area contributed by atoms with E-state index in [4.69, 9.17) is 0 Å². The average Bonchev–Trinajstić information content (AvgIpc) is 3.12. The van der Waals surface area contributed by atoms with Gasteiger partial charge in [-0.1, -0.05) is 38.2 Å². The van der Waals surface area contributed by atoms with Crippen LogP contribution in [0.5, 0.6) is 0 Å². The zero-order valence-electron chi connectivity index (χ0n) is 14.8. The monoisotopic (exact) mass is 363 g/mol. The summed E-state index contributed by atoms with van der Waals surface area (Å²) in [5, 5.41) is 12.5. The second-order valence-corrected chi connectivity index (χ2v) is 8.42. The first-order chi connectivity index (χ1) is 12.0. The summed E-state index contributed by atoms with van der Waals surface area (Å²) in [6, 6.07) is 5.24. The van der Waals surface area contributed by atoms with Crippen molar-refractivity contribution in [2.24, 2.45) is 5.92 Å². The van der Waals surface area contributed by atoms with Crippen molar-refractivity contribution in [2.75, 3.05) is 7.05 Å². The summed E-state index contributed by atoms with van der Waals surface area (Å²) in [6.07, 6.45) is 7.24. The lowest BCUT2D eigenvalue weighted by atomic mass is 9.84. The molecule has 8 heteroatoms. The van der Waals surface area contributed by atoms with Crippen LogP contribution in [0, 0.1) is 5.92 Å². The molecule has 0 unspecified atom stereocenters. The number of hydrogen-bond acceptors (Lipinski definition) is 5. The van der Waals surface area contributed by atoms with Gasteiger partial charge in [-0.25, -0.2) is 13.1 Å². The fraction of sp³-hybridized carbons (Fsp3) is 0.588. The topological polar surface area (TPSA) is 89.8 Å². The lowest BCUT2D eigenvalue weighted by Crippen LogP contribution is -2.19. The van der Waals surface area contributed by atoms with E-state index in [-0.39, 0.29) is 4.90 Å². The van der Waals surface area contributed by atoms with E-state index in [2.05, 4.69) is 20.1 Å². The van der Waals surface area contributed by atoms with E-state index in [0.29, 0.717) is 18.3 Å². The number of tetrazole rings is 1. The Morgan fingerprint density at radius 3 is 2.64 bits per heavy atom. The quantitative estimate of drug-likeness (QED) is 0.851. The average molecular weight is 363 g/mol. The Balaban J connectivity index is 2.00. The van der Waals surface area contributed by atoms with Crippen molar-refractivity contribution in [1.29, 1.82) is 0 Å². The molecule has 1 aromatic heterocycles. The Kier molecular flexibility index (Phi) is 5.48. The molecule has 1 N–H and O–H groups in total. The lowest BCUT2D eigenvalue weighted by molar-refractivity contribution is 0.357. The highest BCUT2D eigenvalue weighted by Gasteiger charge is 2.21. The van der Waals surface area contributed by atoms with E-state index in [1.54, 1.807) is 12.1 Å².